The lowest BCUT2D eigenvalue weighted by Gasteiger charge is -2.08. The standard InChI is InChI=1S/C9H13N3O.C9H15NO.C4H8O2.CH4/c1-2-8(7-11-12-10)6-9-4-3-5-13-9;1-2-8(7-10)6-9-4-3-5-11-9;1-3-6-4(2)5;/h3-5,8H,2,6-7H2,1H3;3-5,8H,2,6-7,10H2,1H3;3H2,1-2H3;1H4. The normalized spacial score (nSPS) is 11.3. The maximum absolute atomic E-state index is 9.82. The van der Waals surface area contributed by atoms with E-state index in [2.05, 4.69) is 28.6 Å². The average Bonchev–Trinajstić information content (AvgIpc) is 3.44. The molecule has 8 heteroatoms. The van der Waals surface area contributed by atoms with E-state index in [1.807, 2.05) is 24.3 Å². The molecule has 2 heterocycles. The predicted molar refractivity (Wildman–Crippen MR) is 124 cm³/mol. The molecule has 0 saturated carbocycles. The topological polar surface area (TPSA) is 127 Å². The van der Waals surface area contributed by atoms with Gasteiger partial charge in [0.1, 0.15) is 11.5 Å². The minimum atomic E-state index is -0.211. The molecule has 2 atom stereocenters. The molecule has 2 N–H and O–H groups in total. The van der Waals surface area contributed by atoms with Crippen LogP contribution in [0, 0.1) is 11.8 Å². The summed E-state index contributed by atoms with van der Waals surface area (Å²) in [5, 5.41) is 3.56. The number of ether oxygens (including phenoxy) is 1. The van der Waals surface area contributed by atoms with Crippen LogP contribution in [-0.2, 0) is 22.4 Å². The van der Waals surface area contributed by atoms with E-state index in [0.717, 1.165) is 43.7 Å². The van der Waals surface area contributed by atoms with Gasteiger partial charge in [0.2, 0.25) is 0 Å². The van der Waals surface area contributed by atoms with Crippen LogP contribution in [0.3, 0.4) is 0 Å². The molecule has 2 aromatic heterocycles. The van der Waals surface area contributed by atoms with Gasteiger partial charge in [-0.1, -0.05) is 39.2 Å². The molecule has 176 valence electrons. The average molecular weight is 437 g/mol. The zero-order valence-electron chi connectivity index (χ0n) is 18.6. The highest BCUT2D eigenvalue weighted by Crippen LogP contribution is 2.13. The molecule has 0 aliphatic rings. The van der Waals surface area contributed by atoms with Gasteiger partial charge in [0, 0.05) is 31.2 Å². The van der Waals surface area contributed by atoms with Gasteiger partial charge in [0.15, 0.2) is 0 Å². The van der Waals surface area contributed by atoms with Crippen LogP contribution in [0.1, 0.15) is 59.5 Å². The number of hydrogen-bond donors (Lipinski definition) is 1. The number of nitrogens with zero attached hydrogens (tertiary/aromatic N) is 3. The molecule has 0 amide bonds. The molecule has 0 saturated heterocycles. The fourth-order valence-corrected chi connectivity index (χ4v) is 2.51. The molecule has 0 aromatic carbocycles. The largest absolute Gasteiger partial charge is 0.469 e. The molecular weight excluding hydrogens is 396 g/mol. The number of carbonyl (C=O) groups is 1. The summed E-state index contributed by atoms with van der Waals surface area (Å²) in [6.45, 7) is 9.19. The van der Waals surface area contributed by atoms with Gasteiger partial charge >= 0.3 is 5.97 Å². The Morgan fingerprint density at radius 1 is 1.10 bits per heavy atom. The SMILES string of the molecule is C.CCC(CN)Cc1ccco1.CCC(CN=[N+]=[N-])Cc1ccco1.CCOC(C)=O. The van der Waals surface area contributed by atoms with Crippen LogP contribution in [0.15, 0.2) is 50.7 Å². The van der Waals surface area contributed by atoms with E-state index in [4.69, 9.17) is 20.1 Å². The summed E-state index contributed by atoms with van der Waals surface area (Å²) in [6, 6.07) is 7.73. The van der Waals surface area contributed by atoms with Crippen LogP contribution in [0.25, 0.3) is 10.4 Å². The summed E-state index contributed by atoms with van der Waals surface area (Å²) < 4.78 is 14.8. The Balaban J connectivity index is 0. The Morgan fingerprint density at radius 2 is 1.61 bits per heavy atom. The quantitative estimate of drug-likeness (QED) is 0.206. The van der Waals surface area contributed by atoms with Gasteiger partial charge in [0.05, 0.1) is 19.1 Å². The molecular formula is C23H40N4O4. The Bertz CT molecular complexity index is 677. The maximum Gasteiger partial charge on any atom is 0.302 e. The van der Waals surface area contributed by atoms with E-state index in [0.29, 0.717) is 25.0 Å². The first-order valence-corrected chi connectivity index (χ1v) is 10.4. The highest BCUT2D eigenvalue weighted by Gasteiger charge is 2.07. The van der Waals surface area contributed by atoms with Gasteiger partial charge in [0.25, 0.3) is 0 Å². The second-order valence-corrected chi connectivity index (χ2v) is 6.69. The van der Waals surface area contributed by atoms with Gasteiger partial charge in [-0.15, -0.1) is 0 Å². The Labute approximate surface area is 186 Å². The minimum Gasteiger partial charge on any atom is -0.469 e. The molecule has 2 aromatic rings. The molecule has 0 aliphatic carbocycles. The molecule has 2 unspecified atom stereocenters. The molecule has 8 nitrogen and oxygen atoms in total. The van der Waals surface area contributed by atoms with Crippen LogP contribution in [0.5, 0.6) is 0 Å². The summed E-state index contributed by atoms with van der Waals surface area (Å²) in [7, 11) is 0. The first kappa shape index (κ1) is 30.5. The van der Waals surface area contributed by atoms with E-state index in [9.17, 15) is 4.79 Å². The zero-order valence-corrected chi connectivity index (χ0v) is 18.6. The lowest BCUT2D eigenvalue weighted by Crippen LogP contribution is -2.15. The third kappa shape index (κ3) is 16.7. The molecule has 0 aliphatic heterocycles. The van der Waals surface area contributed by atoms with E-state index in [-0.39, 0.29) is 13.4 Å². The smallest absolute Gasteiger partial charge is 0.302 e. The van der Waals surface area contributed by atoms with Gasteiger partial charge in [-0.25, -0.2) is 0 Å². The summed E-state index contributed by atoms with van der Waals surface area (Å²) in [5.41, 5.74) is 13.7. The lowest BCUT2D eigenvalue weighted by atomic mass is 10.0. The third-order valence-corrected chi connectivity index (χ3v) is 4.38. The minimum absolute atomic E-state index is 0. The molecule has 0 radical (unpaired) electrons. The predicted octanol–water partition coefficient (Wildman–Crippen LogP) is 6.17. The van der Waals surface area contributed by atoms with E-state index in [1.54, 1.807) is 19.5 Å². The number of esters is 1. The van der Waals surface area contributed by atoms with Gasteiger partial charge in [-0.2, -0.15) is 0 Å². The van der Waals surface area contributed by atoms with Crippen LogP contribution in [0.2, 0.25) is 0 Å². The fourth-order valence-electron chi connectivity index (χ4n) is 2.51. The monoisotopic (exact) mass is 436 g/mol. The van der Waals surface area contributed by atoms with Gasteiger partial charge in [-0.05, 0) is 55.1 Å². The zero-order chi connectivity index (χ0) is 22.6. The summed E-state index contributed by atoms with van der Waals surface area (Å²) in [4.78, 5) is 12.6. The lowest BCUT2D eigenvalue weighted by molar-refractivity contribution is -0.140. The van der Waals surface area contributed by atoms with Crippen molar-refractivity contribution in [1.29, 1.82) is 0 Å². The number of carbonyl (C=O) groups excluding carboxylic acids is 1. The Kier molecular flexibility index (Phi) is 20.2. The van der Waals surface area contributed by atoms with Crippen molar-refractivity contribution in [2.75, 3.05) is 19.7 Å². The molecule has 0 fully saturated rings. The van der Waals surface area contributed by atoms with Crippen LogP contribution in [0.4, 0.5) is 0 Å². The number of nitrogens with two attached hydrogens (primary N) is 1. The van der Waals surface area contributed by atoms with E-state index in [1.165, 1.54) is 6.92 Å². The molecule has 31 heavy (non-hydrogen) atoms. The van der Waals surface area contributed by atoms with Crippen molar-refractivity contribution in [3.8, 4) is 0 Å². The molecule has 0 spiro atoms. The van der Waals surface area contributed by atoms with Gasteiger partial charge in [-0.3, -0.25) is 4.79 Å². The number of furan rings is 2. The number of hydrogen-bond acceptors (Lipinski definition) is 6. The Hall–Kier alpha value is -2.70. The summed E-state index contributed by atoms with van der Waals surface area (Å²) in [5.74, 6) is 2.75. The summed E-state index contributed by atoms with van der Waals surface area (Å²) >= 11 is 0. The number of rotatable bonds is 10. The second-order valence-electron chi connectivity index (χ2n) is 6.69. The molecule has 2 rings (SSSR count). The van der Waals surface area contributed by atoms with Crippen molar-refractivity contribution >= 4 is 5.97 Å². The Morgan fingerprint density at radius 3 is 1.90 bits per heavy atom. The van der Waals surface area contributed by atoms with Crippen molar-refractivity contribution in [2.24, 2.45) is 22.7 Å². The first-order chi connectivity index (χ1) is 14.5. The van der Waals surface area contributed by atoms with Crippen molar-refractivity contribution in [3.05, 3.63) is 58.8 Å². The van der Waals surface area contributed by atoms with Gasteiger partial charge < -0.3 is 19.3 Å². The van der Waals surface area contributed by atoms with Crippen molar-refractivity contribution < 1.29 is 18.4 Å². The van der Waals surface area contributed by atoms with Crippen molar-refractivity contribution in [2.45, 2.75) is 60.8 Å². The van der Waals surface area contributed by atoms with Crippen molar-refractivity contribution in [3.63, 3.8) is 0 Å². The fraction of sp³-hybridized carbons (Fsp3) is 0.609. The number of azide groups is 1. The van der Waals surface area contributed by atoms with Crippen LogP contribution >= 0.6 is 0 Å². The second kappa shape index (κ2) is 20.6. The third-order valence-electron chi connectivity index (χ3n) is 4.38. The van der Waals surface area contributed by atoms with E-state index >= 15 is 0 Å². The van der Waals surface area contributed by atoms with Crippen LogP contribution < -0.4 is 5.73 Å². The molecule has 0 bridgehead atoms. The maximum atomic E-state index is 9.82. The van der Waals surface area contributed by atoms with E-state index < -0.39 is 0 Å². The van der Waals surface area contributed by atoms with Crippen molar-refractivity contribution in [1.82, 2.24) is 0 Å². The van der Waals surface area contributed by atoms with Crippen LogP contribution in [-0.4, -0.2) is 25.7 Å². The first-order valence-electron chi connectivity index (χ1n) is 10.4. The summed E-state index contributed by atoms with van der Waals surface area (Å²) in [6.07, 6.45) is 7.31. The highest BCUT2D eigenvalue weighted by atomic mass is 16.5. The highest BCUT2D eigenvalue weighted by molar-refractivity contribution is 5.65.